The monoisotopic (exact) mass is 308 g/mol. The van der Waals surface area contributed by atoms with Crippen LogP contribution in [0.2, 0.25) is 5.02 Å². The van der Waals surface area contributed by atoms with Gasteiger partial charge in [-0.2, -0.15) is 0 Å². The summed E-state index contributed by atoms with van der Waals surface area (Å²) in [7, 11) is -3.35. The van der Waals surface area contributed by atoms with Gasteiger partial charge in [-0.05, 0) is 44.0 Å². The van der Waals surface area contributed by atoms with Crippen LogP contribution in [0.15, 0.2) is 18.2 Å². The number of rotatable bonds is 5. The average Bonchev–Trinajstić information content (AvgIpc) is 2.28. The fourth-order valence-corrected chi connectivity index (χ4v) is 2.55. The molecule has 7 heteroatoms. The fraction of sp³-hybridized carbons (Fsp3) is 0.500. The first-order chi connectivity index (χ1) is 8.59. The highest BCUT2D eigenvalue weighted by Crippen LogP contribution is 2.25. The Kier molecular flexibility index (Phi) is 4.95. The second-order valence-electron chi connectivity index (χ2n) is 5.03. The topological polar surface area (TPSA) is 72.2 Å². The van der Waals surface area contributed by atoms with E-state index in [4.69, 9.17) is 17.4 Å². The van der Waals surface area contributed by atoms with E-state index in [1.54, 1.807) is 13.8 Å². The molecule has 0 aliphatic carbocycles. The zero-order chi connectivity index (χ0) is 14.8. The van der Waals surface area contributed by atoms with Crippen LogP contribution in [0.3, 0.4) is 0 Å². The van der Waals surface area contributed by atoms with E-state index < -0.39 is 26.4 Å². The van der Waals surface area contributed by atoms with Gasteiger partial charge in [-0.25, -0.2) is 12.8 Å². The average molecular weight is 309 g/mol. The molecule has 0 saturated heterocycles. The molecule has 0 aliphatic heterocycles. The van der Waals surface area contributed by atoms with Crippen molar-refractivity contribution in [1.29, 1.82) is 0 Å². The number of sulfone groups is 1. The van der Waals surface area contributed by atoms with Gasteiger partial charge >= 0.3 is 0 Å². The molecule has 4 nitrogen and oxygen atoms in total. The van der Waals surface area contributed by atoms with Crippen LogP contribution in [-0.2, 0) is 16.3 Å². The summed E-state index contributed by atoms with van der Waals surface area (Å²) in [5.41, 5.74) is 2.78. The molecule has 0 bridgehead atoms. The molecule has 1 atom stereocenters. The molecule has 108 valence electrons. The molecule has 3 N–H and O–H groups in total. The lowest BCUT2D eigenvalue weighted by molar-refractivity contribution is 0.408. The number of hydrogen-bond acceptors (Lipinski definition) is 4. The summed E-state index contributed by atoms with van der Waals surface area (Å²) in [4.78, 5) is 0. The van der Waals surface area contributed by atoms with Gasteiger partial charge in [-0.1, -0.05) is 11.6 Å². The van der Waals surface area contributed by atoms with Crippen LogP contribution < -0.4 is 11.3 Å². The smallest absolute Gasteiger partial charge is 0.154 e. The van der Waals surface area contributed by atoms with Gasteiger partial charge in [0, 0.05) is 17.3 Å². The summed E-state index contributed by atoms with van der Waals surface area (Å²) >= 11 is 5.81. The Hall–Kier alpha value is -0.690. The van der Waals surface area contributed by atoms with Gasteiger partial charge in [-0.3, -0.25) is 11.3 Å². The Morgan fingerprint density at radius 2 is 2.05 bits per heavy atom. The summed E-state index contributed by atoms with van der Waals surface area (Å²) in [6, 6.07) is 3.53. The van der Waals surface area contributed by atoms with Crippen molar-refractivity contribution in [3.8, 4) is 0 Å². The minimum Gasteiger partial charge on any atom is -0.271 e. The van der Waals surface area contributed by atoms with Crippen molar-refractivity contribution in [2.24, 2.45) is 5.84 Å². The second-order valence-corrected chi connectivity index (χ2v) is 8.07. The van der Waals surface area contributed by atoms with E-state index in [9.17, 15) is 12.8 Å². The molecule has 1 rings (SSSR count). The maximum absolute atomic E-state index is 13.7. The molecule has 1 aromatic carbocycles. The largest absolute Gasteiger partial charge is 0.271 e. The predicted molar refractivity (Wildman–Crippen MR) is 75.1 cm³/mol. The molecular weight excluding hydrogens is 291 g/mol. The fourth-order valence-electron chi connectivity index (χ4n) is 1.68. The molecule has 0 radical (unpaired) electrons. The van der Waals surface area contributed by atoms with E-state index in [0.29, 0.717) is 10.6 Å². The van der Waals surface area contributed by atoms with Gasteiger partial charge in [-0.15, -0.1) is 0 Å². The van der Waals surface area contributed by atoms with E-state index in [1.165, 1.54) is 18.2 Å². The first-order valence-corrected chi connectivity index (χ1v) is 7.96. The number of hydrogen-bond donors (Lipinski definition) is 2. The molecule has 0 spiro atoms. The van der Waals surface area contributed by atoms with Gasteiger partial charge < -0.3 is 0 Å². The lowest BCUT2D eigenvalue weighted by Crippen LogP contribution is -2.55. The number of hydrazine groups is 1. The van der Waals surface area contributed by atoms with Crippen molar-refractivity contribution in [3.05, 3.63) is 34.6 Å². The Labute approximate surface area is 118 Å². The zero-order valence-corrected chi connectivity index (χ0v) is 12.6. The highest BCUT2D eigenvalue weighted by atomic mass is 35.5. The normalized spacial score (nSPS) is 14.4. The molecule has 0 aromatic heterocycles. The summed E-state index contributed by atoms with van der Waals surface area (Å²) < 4.78 is 36.1. The minimum atomic E-state index is -3.35. The predicted octanol–water partition coefficient (Wildman–Crippen LogP) is 1.68. The molecule has 0 saturated carbocycles. The quantitative estimate of drug-likeness (QED) is 0.641. The lowest BCUT2D eigenvalue weighted by atomic mass is 9.96. The summed E-state index contributed by atoms with van der Waals surface area (Å²) in [6.45, 7) is 3.10. The Morgan fingerprint density at radius 3 is 2.53 bits per heavy atom. The first-order valence-electron chi connectivity index (χ1n) is 5.69. The Balaban J connectivity index is 3.10. The SMILES string of the molecule is CC(C)(C(Cc1cc(Cl)ccc1F)NN)S(C)(=O)=O. The van der Waals surface area contributed by atoms with Crippen LogP contribution in [0.1, 0.15) is 19.4 Å². The van der Waals surface area contributed by atoms with Crippen LogP contribution in [-0.4, -0.2) is 25.5 Å². The Morgan fingerprint density at radius 1 is 1.47 bits per heavy atom. The number of halogens is 2. The molecule has 0 aliphatic rings. The van der Waals surface area contributed by atoms with Gasteiger partial charge in [0.05, 0.1) is 4.75 Å². The van der Waals surface area contributed by atoms with Gasteiger partial charge in [0.15, 0.2) is 9.84 Å². The molecule has 19 heavy (non-hydrogen) atoms. The van der Waals surface area contributed by atoms with E-state index in [0.717, 1.165) is 6.26 Å². The van der Waals surface area contributed by atoms with E-state index >= 15 is 0 Å². The number of nitrogens with one attached hydrogen (secondary N) is 1. The van der Waals surface area contributed by atoms with Crippen molar-refractivity contribution < 1.29 is 12.8 Å². The molecular formula is C12H18ClFN2O2S. The third-order valence-corrected chi connectivity index (χ3v) is 5.86. The van der Waals surface area contributed by atoms with Crippen LogP contribution in [0.5, 0.6) is 0 Å². The van der Waals surface area contributed by atoms with Crippen molar-refractivity contribution in [3.63, 3.8) is 0 Å². The standard InChI is InChI=1S/C12H18ClFN2O2S/c1-12(2,19(3,17)18)11(16-15)7-8-6-9(13)4-5-10(8)14/h4-6,11,16H,7,15H2,1-3H3. The van der Waals surface area contributed by atoms with Gasteiger partial charge in [0.1, 0.15) is 5.82 Å². The van der Waals surface area contributed by atoms with Crippen molar-refractivity contribution >= 4 is 21.4 Å². The number of benzene rings is 1. The van der Waals surface area contributed by atoms with Crippen LogP contribution in [0.4, 0.5) is 4.39 Å². The van der Waals surface area contributed by atoms with Crippen LogP contribution >= 0.6 is 11.6 Å². The van der Waals surface area contributed by atoms with Crippen LogP contribution in [0, 0.1) is 5.82 Å². The third kappa shape index (κ3) is 3.66. The molecule has 1 aromatic rings. The van der Waals surface area contributed by atoms with Gasteiger partial charge in [0.25, 0.3) is 0 Å². The summed E-state index contributed by atoms with van der Waals surface area (Å²) in [5, 5.41) is 0.393. The third-order valence-electron chi connectivity index (χ3n) is 3.43. The first kappa shape index (κ1) is 16.4. The number of nitrogens with two attached hydrogens (primary N) is 1. The highest BCUT2D eigenvalue weighted by Gasteiger charge is 2.38. The second kappa shape index (κ2) is 5.75. The van der Waals surface area contributed by atoms with Crippen molar-refractivity contribution in [2.45, 2.75) is 31.1 Å². The molecule has 0 heterocycles. The lowest BCUT2D eigenvalue weighted by Gasteiger charge is -2.32. The molecule has 1 unspecified atom stereocenters. The minimum absolute atomic E-state index is 0.128. The van der Waals surface area contributed by atoms with Crippen molar-refractivity contribution in [1.82, 2.24) is 5.43 Å². The molecule has 0 amide bonds. The molecule has 0 fully saturated rings. The maximum atomic E-state index is 13.7. The van der Waals surface area contributed by atoms with E-state index in [-0.39, 0.29) is 6.42 Å². The van der Waals surface area contributed by atoms with Gasteiger partial charge in [0.2, 0.25) is 0 Å². The van der Waals surface area contributed by atoms with Crippen molar-refractivity contribution in [2.75, 3.05) is 6.26 Å². The summed E-state index contributed by atoms with van der Waals surface area (Å²) in [5.74, 6) is 4.99. The zero-order valence-electron chi connectivity index (χ0n) is 11.1. The van der Waals surface area contributed by atoms with E-state index in [2.05, 4.69) is 5.43 Å². The Bertz CT molecular complexity index is 561. The highest BCUT2D eigenvalue weighted by molar-refractivity contribution is 7.92. The summed E-state index contributed by atoms with van der Waals surface area (Å²) in [6.07, 6.45) is 1.26. The van der Waals surface area contributed by atoms with E-state index in [1.807, 2.05) is 0 Å². The maximum Gasteiger partial charge on any atom is 0.154 e. The van der Waals surface area contributed by atoms with Crippen LogP contribution in [0.25, 0.3) is 0 Å².